The molecule has 0 unspecified atom stereocenters. The summed E-state index contributed by atoms with van der Waals surface area (Å²) in [5.41, 5.74) is 0. The van der Waals surface area contributed by atoms with Crippen molar-refractivity contribution in [3.05, 3.63) is 22.7 Å². The highest BCUT2D eigenvalue weighted by molar-refractivity contribution is 9.10. The highest BCUT2D eigenvalue weighted by Gasteiger charge is 2.27. The monoisotopic (exact) mass is 367 g/mol. The van der Waals surface area contributed by atoms with Crippen molar-refractivity contribution in [2.45, 2.75) is 11.8 Å². The van der Waals surface area contributed by atoms with E-state index >= 15 is 0 Å². The molecule has 0 bridgehead atoms. The van der Waals surface area contributed by atoms with Gasteiger partial charge in [0.25, 0.3) is 0 Å². The minimum Gasteiger partial charge on any atom is -0.492 e. The van der Waals surface area contributed by atoms with Crippen LogP contribution in [0.25, 0.3) is 0 Å². The number of halogens is 1. The van der Waals surface area contributed by atoms with E-state index < -0.39 is 10.0 Å². The molecule has 0 saturated carbocycles. The van der Waals surface area contributed by atoms with Gasteiger partial charge in [0.15, 0.2) is 0 Å². The topological polar surface area (TPSA) is 87.1 Å². The molecule has 114 valence electrons. The molecule has 6 nitrogen and oxygen atoms in total. The van der Waals surface area contributed by atoms with E-state index in [9.17, 15) is 8.42 Å². The Morgan fingerprint density at radius 1 is 1.25 bits per heavy atom. The van der Waals surface area contributed by atoms with E-state index in [1.54, 1.807) is 19.1 Å². The van der Waals surface area contributed by atoms with Crippen LogP contribution in [0.2, 0.25) is 0 Å². The first kappa shape index (κ1) is 17.4. The highest BCUT2D eigenvalue weighted by atomic mass is 79.9. The van der Waals surface area contributed by atoms with Gasteiger partial charge in [-0.15, -0.1) is 0 Å². The second-order valence-corrected chi connectivity index (χ2v) is 6.70. The molecule has 0 aliphatic heterocycles. The summed E-state index contributed by atoms with van der Waals surface area (Å²) in [4.78, 5) is 0.00984. The van der Waals surface area contributed by atoms with E-state index in [0.29, 0.717) is 11.1 Å². The fourth-order valence-electron chi connectivity index (χ4n) is 1.67. The Bertz CT molecular complexity index is 529. The van der Waals surface area contributed by atoms with Crippen LogP contribution in [0.1, 0.15) is 6.92 Å². The molecule has 2 N–H and O–H groups in total. The highest BCUT2D eigenvalue weighted by Crippen LogP contribution is 2.29. The molecule has 0 fully saturated rings. The van der Waals surface area contributed by atoms with Gasteiger partial charge in [-0.05, 0) is 25.1 Å². The molecule has 0 aromatic heterocycles. The molecule has 0 amide bonds. The second-order valence-electron chi connectivity index (χ2n) is 3.88. The van der Waals surface area contributed by atoms with Crippen molar-refractivity contribution in [2.24, 2.45) is 0 Å². The van der Waals surface area contributed by atoms with Crippen LogP contribution in [-0.4, -0.2) is 55.8 Å². The van der Waals surface area contributed by atoms with Crippen LogP contribution in [0.5, 0.6) is 5.75 Å². The largest absolute Gasteiger partial charge is 0.492 e. The maximum absolute atomic E-state index is 12.6. The molecule has 0 aliphatic carbocycles. The predicted octanol–water partition coefficient (Wildman–Crippen LogP) is 0.823. The number of ether oxygens (including phenoxy) is 1. The first-order valence-corrected chi connectivity index (χ1v) is 8.34. The summed E-state index contributed by atoms with van der Waals surface area (Å²) in [6.07, 6.45) is 0. The second kappa shape index (κ2) is 7.94. The minimum absolute atomic E-state index is 0.00984. The van der Waals surface area contributed by atoms with Gasteiger partial charge in [-0.1, -0.05) is 15.9 Å². The molecule has 0 radical (unpaired) electrons. The summed E-state index contributed by atoms with van der Waals surface area (Å²) >= 11 is 3.23. The van der Waals surface area contributed by atoms with Crippen molar-refractivity contribution in [1.29, 1.82) is 0 Å². The standard InChI is InChI=1S/C12H18BrNO5S/c1-2-19-11-4-3-10(13)9-12(11)20(17,18)14(5-7-15)6-8-16/h3-4,9,15-16H,2,5-8H2,1H3. The minimum atomic E-state index is -3.84. The summed E-state index contributed by atoms with van der Waals surface area (Å²) in [6, 6.07) is 4.70. The van der Waals surface area contributed by atoms with Crippen LogP contribution in [0.15, 0.2) is 27.6 Å². The van der Waals surface area contributed by atoms with Gasteiger partial charge in [0.1, 0.15) is 10.6 Å². The normalized spacial score (nSPS) is 11.8. The zero-order chi connectivity index (χ0) is 15.2. The fourth-order valence-corrected chi connectivity index (χ4v) is 3.76. The predicted molar refractivity (Wildman–Crippen MR) is 78.2 cm³/mol. The molecule has 1 aromatic carbocycles. The van der Waals surface area contributed by atoms with Crippen LogP contribution < -0.4 is 4.74 Å². The van der Waals surface area contributed by atoms with Gasteiger partial charge in [-0.25, -0.2) is 8.42 Å². The van der Waals surface area contributed by atoms with E-state index in [2.05, 4.69) is 15.9 Å². The van der Waals surface area contributed by atoms with Crippen LogP contribution in [0.3, 0.4) is 0 Å². The lowest BCUT2D eigenvalue weighted by Crippen LogP contribution is -2.36. The first-order valence-electron chi connectivity index (χ1n) is 6.11. The maximum atomic E-state index is 12.6. The Labute approximate surface area is 127 Å². The number of rotatable bonds is 8. The SMILES string of the molecule is CCOc1ccc(Br)cc1S(=O)(=O)N(CCO)CCO. The van der Waals surface area contributed by atoms with E-state index in [-0.39, 0.29) is 36.9 Å². The quantitative estimate of drug-likeness (QED) is 0.710. The van der Waals surface area contributed by atoms with Gasteiger partial charge >= 0.3 is 0 Å². The lowest BCUT2D eigenvalue weighted by molar-refractivity contribution is 0.217. The Morgan fingerprint density at radius 3 is 2.35 bits per heavy atom. The number of aliphatic hydroxyl groups excluding tert-OH is 2. The lowest BCUT2D eigenvalue weighted by atomic mass is 10.3. The van der Waals surface area contributed by atoms with Gasteiger partial charge in [-0.3, -0.25) is 0 Å². The molecular formula is C12H18BrNO5S. The van der Waals surface area contributed by atoms with Gasteiger partial charge in [-0.2, -0.15) is 4.31 Å². The number of hydrogen-bond donors (Lipinski definition) is 2. The van der Waals surface area contributed by atoms with Crippen molar-refractivity contribution in [3.8, 4) is 5.75 Å². The summed E-state index contributed by atoms with van der Waals surface area (Å²) < 4.78 is 32.1. The maximum Gasteiger partial charge on any atom is 0.246 e. The zero-order valence-electron chi connectivity index (χ0n) is 11.1. The molecule has 1 rings (SSSR count). The molecule has 0 atom stereocenters. The van der Waals surface area contributed by atoms with Crippen LogP contribution in [0, 0.1) is 0 Å². The molecule has 0 spiro atoms. The third-order valence-corrected chi connectivity index (χ3v) is 4.94. The van der Waals surface area contributed by atoms with Crippen LogP contribution in [-0.2, 0) is 10.0 Å². The average Bonchev–Trinajstić information content (AvgIpc) is 2.40. The summed E-state index contributed by atoms with van der Waals surface area (Å²) in [7, 11) is -3.84. The van der Waals surface area contributed by atoms with Crippen LogP contribution >= 0.6 is 15.9 Å². The van der Waals surface area contributed by atoms with Gasteiger partial charge in [0.2, 0.25) is 10.0 Å². The van der Waals surface area contributed by atoms with E-state index in [0.717, 1.165) is 4.31 Å². The molecule has 20 heavy (non-hydrogen) atoms. The molecule has 1 aromatic rings. The zero-order valence-corrected chi connectivity index (χ0v) is 13.5. The molecule has 0 saturated heterocycles. The third kappa shape index (κ3) is 4.16. The summed E-state index contributed by atoms with van der Waals surface area (Å²) in [5, 5.41) is 17.9. The summed E-state index contributed by atoms with van der Waals surface area (Å²) in [5.74, 6) is 0.247. The van der Waals surface area contributed by atoms with E-state index in [1.165, 1.54) is 6.07 Å². The van der Waals surface area contributed by atoms with Gasteiger partial charge < -0.3 is 14.9 Å². The molecule has 8 heteroatoms. The number of benzene rings is 1. The smallest absolute Gasteiger partial charge is 0.246 e. The van der Waals surface area contributed by atoms with Gasteiger partial charge in [0, 0.05) is 17.6 Å². The average molecular weight is 368 g/mol. The first-order chi connectivity index (χ1) is 9.47. The number of aliphatic hydroxyl groups is 2. The fraction of sp³-hybridized carbons (Fsp3) is 0.500. The van der Waals surface area contributed by atoms with E-state index in [4.69, 9.17) is 14.9 Å². The Balaban J connectivity index is 3.27. The van der Waals surface area contributed by atoms with Gasteiger partial charge in [0.05, 0.1) is 19.8 Å². The van der Waals surface area contributed by atoms with Crippen molar-refractivity contribution in [1.82, 2.24) is 4.31 Å². The lowest BCUT2D eigenvalue weighted by Gasteiger charge is -2.22. The number of nitrogens with zero attached hydrogens (tertiary/aromatic N) is 1. The molecule has 0 aliphatic rings. The Hall–Kier alpha value is -0.670. The Morgan fingerprint density at radius 2 is 1.85 bits per heavy atom. The third-order valence-electron chi connectivity index (χ3n) is 2.52. The number of sulfonamides is 1. The van der Waals surface area contributed by atoms with E-state index in [1.807, 2.05) is 0 Å². The Kier molecular flexibility index (Phi) is 6.90. The van der Waals surface area contributed by atoms with Crippen molar-refractivity contribution in [3.63, 3.8) is 0 Å². The molecular weight excluding hydrogens is 350 g/mol. The summed E-state index contributed by atoms with van der Waals surface area (Å²) in [6.45, 7) is 1.29. The van der Waals surface area contributed by atoms with Crippen LogP contribution in [0.4, 0.5) is 0 Å². The van der Waals surface area contributed by atoms with Crippen molar-refractivity contribution >= 4 is 26.0 Å². The van der Waals surface area contributed by atoms with Crippen molar-refractivity contribution < 1.29 is 23.4 Å². The molecule has 0 heterocycles. The van der Waals surface area contributed by atoms with Crippen molar-refractivity contribution in [2.75, 3.05) is 32.9 Å². The number of hydrogen-bond acceptors (Lipinski definition) is 5.